The van der Waals surface area contributed by atoms with Crippen molar-refractivity contribution in [3.05, 3.63) is 71.8 Å². The van der Waals surface area contributed by atoms with Gasteiger partial charge in [0, 0.05) is 0 Å². The van der Waals surface area contributed by atoms with Gasteiger partial charge in [0.25, 0.3) is 0 Å². The van der Waals surface area contributed by atoms with E-state index in [9.17, 15) is 0 Å². The Kier molecular flexibility index (Phi) is 6.49. The number of ether oxygens (including phenoxy) is 1. The molecule has 0 amide bonds. The molecule has 0 saturated carbocycles. The second kappa shape index (κ2) is 8.37. The molecule has 0 bridgehead atoms. The Morgan fingerprint density at radius 3 is 2.50 bits per heavy atom. The molecule has 2 aromatic rings. The third-order valence-corrected chi connectivity index (χ3v) is 7.43. The molecule has 0 radical (unpaired) electrons. The second-order valence-electron chi connectivity index (χ2n) is 5.31. The minimum absolute atomic E-state index is 0.107. The van der Waals surface area contributed by atoms with Gasteiger partial charge >= 0.3 is 145 Å². The van der Waals surface area contributed by atoms with E-state index < -0.39 is 0 Å². The van der Waals surface area contributed by atoms with Crippen LogP contribution >= 0.6 is 0 Å². The average Bonchev–Trinajstić information content (AvgIpc) is 2.54. The number of hydrogen-bond donors (Lipinski definition) is 0. The van der Waals surface area contributed by atoms with Crippen LogP contribution in [0.1, 0.15) is 34.0 Å². The van der Waals surface area contributed by atoms with Crippen LogP contribution in [0, 0.1) is 13.8 Å². The summed E-state index contributed by atoms with van der Waals surface area (Å²) in [7, 11) is 0. The van der Waals surface area contributed by atoms with Crippen molar-refractivity contribution < 1.29 is 25.9 Å². The van der Waals surface area contributed by atoms with Crippen LogP contribution in [-0.2, 0) is 0 Å². The summed E-state index contributed by atoms with van der Waals surface area (Å²) in [5.41, 5.74) is 3.94. The topological polar surface area (TPSA) is 9.23 Å². The van der Waals surface area contributed by atoms with Crippen molar-refractivity contribution in [3.8, 4) is 11.5 Å². The van der Waals surface area contributed by atoms with Crippen molar-refractivity contribution in [1.29, 1.82) is 0 Å². The van der Waals surface area contributed by atoms with E-state index in [4.69, 9.17) is 4.74 Å². The van der Waals surface area contributed by atoms with Crippen molar-refractivity contribution in [1.82, 2.24) is 0 Å². The van der Waals surface area contributed by atoms with Crippen LogP contribution in [0.25, 0.3) is 0 Å². The van der Waals surface area contributed by atoms with Crippen LogP contribution in [0.15, 0.2) is 55.1 Å². The van der Waals surface area contributed by atoms with Crippen molar-refractivity contribution in [2.45, 2.75) is 31.1 Å². The van der Waals surface area contributed by atoms with Gasteiger partial charge in [-0.25, -0.2) is 0 Å². The van der Waals surface area contributed by atoms with E-state index in [1.165, 1.54) is 27.5 Å². The quantitative estimate of drug-likeness (QED) is 0.390. The number of allylic oxidation sites excluding steroid dienone is 1. The average molecular weight is 407 g/mol. The first kappa shape index (κ1) is 17.1. The molecule has 1 atom stereocenters. The number of halogens is 1. The minimum atomic E-state index is 0.107. The van der Waals surface area contributed by atoms with E-state index in [1.807, 2.05) is 30.3 Å². The molecule has 0 saturated heterocycles. The van der Waals surface area contributed by atoms with Crippen LogP contribution in [-0.4, -0.2) is 4.43 Å². The number of alkyl halides is 2. The third kappa shape index (κ3) is 4.13. The Hall–Kier alpha value is -1.29. The Morgan fingerprint density at radius 1 is 1.14 bits per heavy atom. The SMILES string of the molecule is C=CC[I-][C@@H](CC)c1ccc(C)c(Oc2ccccc2)c1C. The molecule has 118 valence electrons. The van der Waals surface area contributed by atoms with Gasteiger partial charge in [0.2, 0.25) is 0 Å². The monoisotopic (exact) mass is 407 g/mol. The number of para-hydroxylation sites is 1. The van der Waals surface area contributed by atoms with Crippen LogP contribution in [0.5, 0.6) is 11.5 Å². The fourth-order valence-electron chi connectivity index (χ4n) is 2.53. The van der Waals surface area contributed by atoms with Gasteiger partial charge in [-0.1, -0.05) is 0 Å². The number of rotatable bonds is 7. The summed E-state index contributed by atoms with van der Waals surface area (Å²) >= 11 is 0.107. The van der Waals surface area contributed by atoms with E-state index in [0.29, 0.717) is 3.92 Å². The third-order valence-electron chi connectivity index (χ3n) is 3.69. The maximum absolute atomic E-state index is 6.17. The zero-order valence-electron chi connectivity index (χ0n) is 13.6. The van der Waals surface area contributed by atoms with Crippen molar-refractivity contribution >= 4 is 0 Å². The molecule has 0 heterocycles. The maximum atomic E-state index is 6.17. The molecule has 0 fully saturated rings. The molecule has 2 heteroatoms. The zero-order chi connectivity index (χ0) is 15.9. The summed E-state index contributed by atoms with van der Waals surface area (Å²) in [6.45, 7) is 10.5. The molecule has 22 heavy (non-hydrogen) atoms. The van der Waals surface area contributed by atoms with Gasteiger partial charge < -0.3 is 0 Å². The molecule has 0 aromatic heterocycles. The van der Waals surface area contributed by atoms with Gasteiger partial charge in [-0.15, -0.1) is 0 Å². The second-order valence-corrected chi connectivity index (χ2v) is 8.58. The van der Waals surface area contributed by atoms with Crippen LogP contribution < -0.4 is 25.9 Å². The number of benzene rings is 2. The van der Waals surface area contributed by atoms with E-state index in [0.717, 1.165) is 11.5 Å². The fourth-order valence-corrected chi connectivity index (χ4v) is 5.27. The molecule has 0 spiro atoms. The van der Waals surface area contributed by atoms with Gasteiger partial charge in [-0.05, 0) is 0 Å². The molecule has 0 aliphatic rings. The van der Waals surface area contributed by atoms with Crippen LogP contribution in [0.3, 0.4) is 0 Å². The van der Waals surface area contributed by atoms with E-state index >= 15 is 0 Å². The summed E-state index contributed by atoms with van der Waals surface area (Å²) in [5, 5.41) is 0. The molecule has 0 aliphatic heterocycles. The fraction of sp³-hybridized carbons (Fsp3) is 0.300. The summed E-state index contributed by atoms with van der Waals surface area (Å²) in [6, 6.07) is 14.5. The summed E-state index contributed by atoms with van der Waals surface area (Å²) in [6.07, 6.45) is 3.25. The Balaban J connectivity index is 2.34. The predicted molar refractivity (Wildman–Crippen MR) is 90.5 cm³/mol. The molecule has 0 unspecified atom stereocenters. The molecule has 2 rings (SSSR count). The molecular weight excluding hydrogens is 383 g/mol. The Labute approximate surface area is 144 Å². The van der Waals surface area contributed by atoms with Gasteiger partial charge in [0.05, 0.1) is 0 Å². The predicted octanol–water partition coefficient (Wildman–Crippen LogP) is 2.82. The molecular formula is C20H24IO-. The molecule has 1 nitrogen and oxygen atoms in total. The molecule has 0 N–H and O–H groups in total. The first-order valence-electron chi connectivity index (χ1n) is 7.69. The van der Waals surface area contributed by atoms with E-state index in [2.05, 4.69) is 45.6 Å². The van der Waals surface area contributed by atoms with E-state index in [-0.39, 0.29) is 21.2 Å². The van der Waals surface area contributed by atoms with Crippen molar-refractivity contribution in [2.24, 2.45) is 0 Å². The van der Waals surface area contributed by atoms with Crippen molar-refractivity contribution in [2.75, 3.05) is 4.43 Å². The molecule has 2 aromatic carbocycles. The normalized spacial score (nSPS) is 12.1. The summed E-state index contributed by atoms with van der Waals surface area (Å²) in [4.78, 5) is 0. The summed E-state index contributed by atoms with van der Waals surface area (Å²) < 4.78 is 8.01. The Morgan fingerprint density at radius 2 is 1.86 bits per heavy atom. The van der Waals surface area contributed by atoms with Crippen LogP contribution in [0.2, 0.25) is 0 Å². The first-order valence-corrected chi connectivity index (χ1v) is 10.5. The first-order chi connectivity index (χ1) is 10.7. The van der Waals surface area contributed by atoms with Gasteiger partial charge in [-0.3, -0.25) is 0 Å². The summed E-state index contributed by atoms with van der Waals surface area (Å²) in [5.74, 6) is 1.92. The van der Waals surface area contributed by atoms with E-state index in [1.54, 1.807) is 0 Å². The molecule has 0 aliphatic carbocycles. The Bertz CT molecular complexity index is 619. The van der Waals surface area contributed by atoms with Gasteiger partial charge in [0.1, 0.15) is 0 Å². The zero-order valence-corrected chi connectivity index (χ0v) is 15.8. The van der Waals surface area contributed by atoms with Gasteiger partial charge in [-0.2, -0.15) is 0 Å². The number of hydrogen-bond acceptors (Lipinski definition) is 1. The standard InChI is InChI=1S/C20H24IO/c1-5-14-21-19(6-2)18-13-12-15(3)20(16(18)4)22-17-10-8-7-9-11-17/h5,7-13,19H,1,6,14H2,2-4H3/q-1/t19-/m0/s1. The number of aryl methyl sites for hydroxylation is 1. The van der Waals surface area contributed by atoms with Gasteiger partial charge in [0.15, 0.2) is 0 Å². The van der Waals surface area contributed by atoms with Crippen LogP contribution in [0.4, 0.5) is 0 Å². The van der Waals surface area contributed by atoms with Crippen molar-refractivity contribution in [3.63, 3.8) is 0 Å².